The number of nitrogens with one attached hydrogen (secondary N) is 1. The Labute approximate surface area is 163 Å². The Morgan fingerprint density at radius 1 is 1.21 bits per heavy atom. The van der Waals surface area contributed by atoms with Crippen molar-refractivity contribution in [1.82, 2.24) is 14.9 Å². The van der Waals surface area contributed by atoms with Gasteiger partial charge in [0.1, 0.15) is 5.75 Å². The molecule has 1 amide bonds. The number of hydrogen-bond donors (Lipinski definition) is 2. The number of anilines is 1. The molecule has 1 aromatic heterocycles. The van der Waals surface area contributed by atoms with Crippen molar-refractivity contribution in [3.05, 3.63) is 54.1 Å². The lowest BCUT2D eigenvalue weighted by Gasteiger charge is -2.11. The Balaban J connectivity index is 1.64. The summed E-state index contributed by atoms with van der Waals surface area (Å²) in [5, 5.41) is 10.9. The zero-order chi connectivity index (χ0) is 20.1. The third-order valence-electron chi connectivity index (χ3n) is 3.68. The van der Waals surface area contributed by atoms with Gasteiger partial charge < -0.3 is 15.9 Å². The van der Waals surface area contributed by atoms with Crippen LogP contribution in [0.1, 0.15) is 5.56 Å². The minimum atomic E-state index is -2.98. The van der Waals surface area contributed by atoms with E-state index in [1.165, 1.54) is 22.9 Å². The summed E-state index contributed by atoms with van der Waals surface area (Å²) in [6, 6.07) is 13.6. The van der Waals surface area contributed by atoms with Crippen LogP contribution in [0.2, 0.25) is 0 Å². The van der Waals surface area contributed by atoms with Gasteiger partial charge in [0.15, 0.2) is 5.82 Å². The molecule has 0 bridgehead atoms. The smallest absolute Gasteiger partial charge is 0.387 e. The number of halogens is 2. The van der Waals surface area contributed by atoms with Gasteiger partial charge in [-0.15, -0.1) is 10.2 Å². The molecule has 0 aliphatic rings. The highest BCUT2D eigenvalue weighted by Crippen LogP contribution is 2.26. The highest BCUT2D eigenvalue weighted by molar-refractivity contribution is 7.99. The fourth-order valence-electron chi connectivity index (χ4n) is 2.36. The first kappa shape index (κ1) is 19.6. The fourth-order valence-corrected chi connectivity index (χ4v) is 3.02. The van der Waals surface area contributed by atoms with E-state index in [0.29, 0.717) is 11.0 Å². The molecule has 146 valence electrons. The summed E-state index contributed by atoms with van der Waals surface area (Å²) in [6.07, 6.45) is 0. The molecule has 0 saturated heterocycles. The van der Waals surface area contributed by atoms with E-state index < -0.39 is 12.5 Å². The van der Waals surface area contributed by atoms with Crippen molar-refractivity contribution in [2.45, 2.75) is 18.7 Å². The van der Waals surface area contributed by atoms with E-state index >= 15 is 0 Å². The third kappa shape index (κ3) is 4.77. The second kappa shape index (κ2) is 8.70. The second-order valence-electron chi connectivity index (χ2n) is 5.75. The van der Waals surface area contributed by atoms with Crippen molar-refractivity contribution in [2.75, 3.05) is 16.9 Å². The molecule has 0 unspecified atom stereocenters. The molecular weight excluding hydrogens is 388 g/mol. The number of aromatic nitrogens is 3. The third-order valence-corrected chi connectivity index (χ3v) is 4.63. The lowest BCUT2D eigenvalue weighted by Crippen LogP contribution is -2.17. The maximum atomic E-state index is 12.4. The summed E-state index contributed by atoms with van der Waals surface area (Å²) in [5.74, 6) is 5.93. The number of nitrogens with zero attached hydrogens (tertiary/aromatic N) is 3. The maximum Gasteiger partial charge on any atom is 0.387 e. The minimum Gasteiger partial charge on any atom is -0.433 e. The van der Waals surface area contributed by atoms with Crippen molar-refractivity contribution in [3.8, 4) is 17.1 Å². The van der Waals surface area contributed by atoms with E-state index in [-0.39, 0.29) is 17.2 Å². The van der Waals surface area contributed by atoms with Crippen LogP contribution in [0.3, 0.4) is 0 Å². The van der Waals surface area contributed by atoms with Crippen LogP contribution in [0, 0.1) is 6.92 Å². The van der Waals surface area contributed by atoms with Gasteiger partial charge in [0, 0.05) is 5.56 Å². The molecule has 1 heterocycles. The number of carbonyl (C=O) groups excluding carboxylic acids is 1. The molecule has 0 atom stereocenters. The molecule has 3 N–H and O–H groups in total. The van der Waals surface area contributed by atoms with Gasteiger partial charge in [-0.05, 0) is 19.1 Å². The molecule has 2 aromatic carbocycles. The lowest BCUT2D eigenvalue weighted by molar-refractivity contribution is -0.113. The molecule has 7 nitrogen and oxygen atoms in total. The number of para-hydroxylation sites is 2. The molecule has 28 heavy (non-hydrogen) atoms. The van der Waals surface area contributed by atoms with Crippen molar-refractivity contribution < 1.29 is 18.3 Å². The van der Waals surface area contributed by atoms with Crippen molar-refractivity contribution in [2.24, 2.45) is 0 Å². The number of aryl methyl sites for hydroxylation is 1. The van der Waals surface area contributed by atoms with Gasteiger partial charge in [-0.2, -0.15) is 8.78 Å². The van der Waals surface area contributed by atoms with Gasteiger partial charge in [-0.1, -0.05) is 53.7 Å². The Morgan fingerprint density at radius 3 is 2.64 bits per heavy atom. The number of hydrogen-bond acceptors (Lipinski definition) is 6. The van der Waals surface area contributed by atoms with Gasteiger partial charge in [-0.25, -0.2) is 4.68 Å². The highest BCUT2D eigenvalue weighted by atomic mass is 32.2. The Hall–Kier alpha value is -3.14. The maximum absolute atomic E-state index is 12.4. The second-order valence-corrected chi connectivity index (χ2v) is 6.70. The molecule has 0 saturated carbocycles. The quantitative estimate of drug-likeness (QED) is 0.463. The van der Waals surface area contributed by atoms with Crippen LogP contribution in [0.4, 0.5) is 14.5 Å². The minimum absolute atomic E-state index is 0.0355. The SMILES string of the molecule is Cc1ccc(-c2nnc(SCC(=O)Nc3ccccc3OC(F)F)n2N)cc1. The topological polar surface area (TPSA) is 95.1 Å². The summed E-state index contributed by atoms with van der Waals surface area (Å²) >= 11 is 1.08. The number of alkyl halides is 2. The van der Waals surface area contributed by atoms with Crippen LogP contribution in [0.5, 0.6) is 5.75 Å². The fraction of sp³-hybridized carbons (Fsp3) is 0.167. The number of nitrogens with two attached hydrogens (primary N) is 1. The largest absolute Gasteiger partial charge is 0.433 e. The van der Waals surface area contributed by atoms with Crippen molar-refractivity contribution in [3.63, 3.8) is 0 Å². The summed E-state index contributed by atoms with van der Waals surface area (Å²) in [6.45, 7) is -1.01. The zero-order valence-corrected chi connectivity index (χ0v) is 15.6. The van der Waals surface area contributed by atoms with Crippen LogP contribution in [-0.4, -0.2) is 33.1 Å². The summed E-state index contributed by atoms with van der Waals surface area (Å²) in [4.78, 5) is 12.2. The average molecular weight is 405 g/mol. The number of carbonyl (C=O) groups is 1. The van der Waals surface area contributed by atoms with Crippen LogP contribution < -0.4 is 15.9 Å². The van der Waals surface area contributed by atoms with Crippen molar-refractivity contribution in [1.29, 1.82) is 0 Å². The standard InChI is InChI=1S/C18H17F2N5O2S/c1-11-6-8-12(9-7-11)16-23-24-18(25(16)21)28-10-15(26)22-13-4-2-3-5-14(13)27-17(19)20/h2-9,17H,10,21H2,1H3,(H,22,26). The molecule has 0 spiro atoms. The van der Waals surface area contributed by atoms with Crippen molar-refractivity contribution >= 4 is 23.4 Å². The monoisotopic (exact) mass is 405 g/mol. The first-order valence-corrected chi connectivity index (χ1v) is 9.16. The van der Waals surface area contributed by atoms with Crippen LogP contribution in [0.15, 0.2) is 53.7 Å². The number of ether oxygens (including phenoxy) is 1. The van der Waals surface area contributed by atoms with Gasteiger partial charge >= 0.3 is 6.61 Å². The van der Waals surface area contributed by atoms with Gasteiger partial charge in [-0.3, -0.25) is 4.79 Å². The van der Waals surface area contributed by atoms with E-state index in [0.717, 1.165) is 22.9 Å². The van der Waals surface area contributed by atoms with Crippen LogP contribution in [-0.2, 0) is 4.79 Å². The molecule has 0 aliphatic heterocycles. The number of nitrogen functional groups attached to an aromatic ring is 1. The first-order valence-electron chi connectivity index (χ1n) is 8.18. The van der Waals surface area contributed by atoms with Gasteiger partial charge in [0.05, 0.1) is 11.4 Å². The highest BCUT2D eigenvalue weighted by Gasteiger charge is 2.15. The predicted molar refractivity (Wildman–Crippen MR) is 103 cm³/mol. The Bertz CT molecular complexity index is 963. The van der Waals surface area contributed by atoms with Crippen LogP contribution in [0.25, 0.3) is 11.4 Å². The molecule has 0 aliphatic carbocycles. The van der Waals surface area contributed by atoms with E-state index in [4.69, 9.17) is 5.84 Å². The van der Waals surface area contributed by atoms with E-state index in [2.05, 4.69) is 20.3 Å². The normalized spacial score (nSPS) is 10.9. The van der Waals surface area contributed by atoms with Crippen LogP contribution >= 0.6 is 11.8 Å². The molecular formula is C18H17F2N5O2S. The first-order chi connectivity index (χ1) is 13.4. The van der Waals surface area contributed by atoms with E-state index in [9.17, 15) is 13.6 Å². The summed E-state index contributed by atoms with van der Waals surface area (Å²) in [7, 11) is 0. The molecule has 3 aromatic rings. The Morgan fingerprint density at radius 2 is 1.93 bits per heavy atom. The number of benzene rings is 2. The molecule has 10 heteroatoms. The van der Waals surface area contributed by atoms with E-state index in [1.807, 2.05) is 31.2 Å². The summed E-state index contributed by atoms with van der Waals surface area (Å²) < 4.78 is 30.6. The van der Waals surface area contributed by atoms with Gasteiger partial charge in [0.2, 0.25) is 11.1 Å². The Kier molecular flexibility index (Phi) is 6.09. The number of amides is 1. The molecule has 3 rings (SSSR count). The summed E-state index contributed by atoms with van der Waals surface area (Å²) in [5.41, 5.74) is 2.06. The lowest BCUT2D eigenvalue weighted by atomic mass is 10.1. The van der Waals surface area contributed by atoms with E-state index in [1.54, 1.807) is 6.07 Å². The molecule has 0 fully saturated rings. The molecule has 0 radical (unpaired) electrons. The van der Waals surface area contributed by atoms with Gasteiger partial charge in [0.25, 0.3) is 0 Å². The zero-order valence-electron chi connectivity index (χ0n) is 14.8. The predicted octanol–water partition coefficient (Wildman–Crippen LogP) is 3.30. The average Bonchev–Trinajstić information content (AvgIpc) is 3.02. The number of thioether (sulfide) groups is 1. The number of rotatable bonds is 7.